The molecule has 0 fully saturated rings. The van der Waals surface area contributed by atoms with Crippen molar-refractivity contribution in [1.82, 2.24) is 4.98 Å². The van der Waals surface area contributed by atoms with Gasteiger partial charge >= 0.3 is 5.63 Å². The fourth-order valence-electron chi connectivity index (χ4n) is 2.18. The van der Waals surface area contributed by atoms with Gasteiger partial charge in [0.05, 0.1) is 15.8 Å². The van der Waals surface area contributed by atoms with E-state index in [0.29, 0.717) is 16.5 Å². The molecule has 0 bridgehead atoms. The van der Waals surface area contributed by atoms with Crippen molar-refractivity contribution in [3.05, 3.63) is 80.0 Å². The minimum Gasteiger partial charge on any atom is -0.404 e. The normalized spacial score (nSPS) is 11.2. The second-order valence-corrected chi connectivity index (χ2v) is 5.05. The van der Waals surface area contributed by atoms with Crippen LogP contribution >= 0.6 is 0 Å². The summed E-state index contributed by atoms with van der Waals surface area (Å²) in [6, 6.07) is 11.5. The van der Waals surface area contributed by atoms with Crippen molar-refractivity contribution < 1.29 is 9.34 Å². The van der Waals surface area contributed by atoms with E-state index in [0.717, 1.165) is 5.56 Å². The minimum absolute atomic E-state index is 0.00412. The summed E-state index contributed by atoms with van der Waals surface area (Å²) in [7, 11) is 0. The first-order valence-corrected chi connectivity index (χ1v) is 6.87. The van der Waals surface area contributed by atoms with Crippen molar-refractivity contribution in [2.24, 2.45) is 0 Å². The molecule has 3 aromatic rings. The van der Waals surface area contributed by atoms with Crippen LogP contribution in [-0.2, 0) is 0 Å². The van der Waals surface area contributed by atoms with Gasteiger partial charge in [0.2, 0.25) is 5.89 Å². The quantitative estimate of drug-likeness (QED) is 0.545. The largest absolute Gasteiger partial charge is 0.404 e. The lowest BCUT2D eigenvalue weighted by molar-refractivity contribution is -0.384. The lowest BCUT2D eigenvalue weighted by atomic mass is 10.2. The van der Waals surface area contributed by atoms with E-state index in [1.165, 1.54) is 18.2 Å². The maximum atomic E-state index is 12.0. The number of hydrogen-bond acceptors (Lipinski definition) is 5. The molecular formula is C17H12N2O4. The van der Waals surface area contributed by atoms with E-state index in [1.54, 1.807) is 30.3 Å². The first-order chi connectivity index (χ1) is 11.0. The number of nitro groups is 1. The fraction of sp³-hybridized carbons (Fsp3) is 0.0588. The van der Waals surface area contributed by atoms with Crippen molar-refractivity contribution in [3.63, 3.8) is 0 Å². The highest BCUT2D eigenvalue weighted by molar-refractivity contribution is 5.79. The van der Waals surface area contributed by atoms with Gasteiger partial charge in [0.25, 0.3) is 5.69 Å². The molecule has 0 atom stereocenters. The number of hydrogen-bond donors (Lipinski definition) is 0. The summed E-state index contributed by atoms with van der Waals surface area (Å²) in [6.45, 7) is 1.88. The van der Waals surface area contributed by atoms with E-state index in [4.69, 9.17) is 4.42 Å². The Morgan fingerprint density at radius 2 is 2.00 bits per heavy atom. The summed E-state index contributed by atoms with van der Waals surface area (Å²) in [6.07, 6.45) is 3.12. The number of aryl methyl sites for hydroxylation is 1. The number of non-ortho nitro benzene ring substituents is 1. The third-order valence-electron chi connectivity index (χ3n) is 3.30. The van der Waals surface area contributed by atoms with Crippen LogP contribution in [0.1, 0.15) is 17.0 Å². The SMILES string of the molecule is Cc1ccc2nc(/C=C/c3cccc([N+](=O)[O-])c3)oc(=O)c2c1. The standard InChI is InChI=1S/C17H12N2O4/c1-11-5-7-15-14(9-11)17(20)23-16(18-15)8-6-12-3-2-4-13(10-12)19(21)22/h2-10H,1H3/b8-6+. The molecule has 0 N–H and O–H groups in total. The van der Waals surface area contributed by atoms with Crippen LogP contribution in [0.15, 0.2) is 51.7 Å². The second-order valence-electron chi connectivity index (χ2n) is 5.05. The topological polar surface area (TPSA) is 86.2 Å². The van der Waals surface area contributed by atoms with Gasteiger partial charge in [0, 0.05) is 18.2 Å². The van der Waals surface area contributed by atoms with Crippen molar-refractivity contribution >= 4 is 28.7 Å². The molecule has 3 rings (SSSR count). The highest BCUT2D eigenvalue weighted by Crippen LogP contribution is 2.16. The van der Waals surface area contributed by atoms with Crippen LogP contribution in [-0.4, -0.2) is 9.91 Å². The van der Waals surface area contributed by atoms with Gasteiger partial charge in [-0.3, -0.25) is 10.1 Å². The molecule has 114 valence electrons. The van der Waals surface area contributed by atoms with Gasteiger partial charge in [-0.15, -0.1) is 0 Å². The Morgan fingerprint density at radius 1 is 1.17 bits per heavy atom. The predicted octanol–water partition coefficient (Wildman–Crippen LogP) is 3.58. The van der Waals surface area contributed by atoms with Crippen molar-refractivity contribution in [1.29, 1.82) is 0 Å². The number of fused-ring (bicyclic) bond motifs is 1. The van der Waals surface area contributed by atoms with Gasteiger partial charge in [-0.25, -0.2) is 9.78 Å². The predicted molar refractivity (Wildman–Crippen MR) is 87.0 cm³/mol. The van der Waals surface area contributed by atoms with Gasteiger partial charge in [-0.2, -0.15) is 0 Å². The third-order valence-corrected chi connectivity index (χ3v) is 3.30. The Bertz CT molecular complexity index is 989. The highest BCUT2D eigenvalue weighted by Gasteiger charge is 2.06. The Labute approximate surface area is 130 Å². The first-order valence-electron chi connectivity index (χ1n) is 6.87. The number of nitrogens with zero attached hydrogens (tertiary/aromatic N) is 2. The van der Waals surface area contributed by atoms with Crippen LogP contribution in [0.3, 0.4) is 0 Å². The van der Waals surface area contributed by atoms with Gasteiger partial charge in [0.15, 0.2) is 0 Å². The van der Waals surface area contributed by atoms with E-state index >= 15 is 0 Å². The summed E-state index contributed by atoms with van der Waals surface area (Å²) in [5.41, 5.74) is 1.65. The molecule has 0 aliphatic carbocycles. The Morgan fingerprint density at radius 3 is 2.78 bits per heavy atom. The molecule has 0 saturated heterocycles. The molecule has 0 radical (unpaired) electrons. The smallest absolute Gasteiger partial charge is 0.347 e. The molecule has 0 unspecified atom stereocenters. The molecule has 0 amide bonds. The summed E-state index contributed by atoms with van der Waals surface area (Å²) < 4.78 is 5.16. The van der Waals surface area contributed by atoms with Crippen LogP contribution in [0.2, 0.25) is 0 Å². The molecule has 6 nitrogen and oxygen atoms in total. The summed E-state index contributed by atoms with van der Waals surface area (Å²) >= 11 is 0. The van der Waals surface area contributed by atoms with Gasteiger partial charge in [-0.05, 0) is 30.7 Å². The van der Waals surface area contributed by atoms with Crippen molar-refractivity contribution in [2.75, 3.05) is 0 Å². The van der Waals surface area contributed by atoms with Crippen LogP contribution in [0, 0.1) is 17.0 Å². The summed E-state index contributed by atoms with van der Waals surface area (Å²) in [5.74, 6) is 0.151. The molecule has 0 spiro atoms. The van der Waals surface area contributed by atoms with Crippen LogP contribution < -0.4 is 5.63 Å². The van der Waals surface area contributed by atoms with Gasteiger partial charge < -0.3 is 4.42 Å². The Kier molecular flexibility index (Phi) is 3.72. The molecule has 2 aromatic carbocycles. The Hall–Kier alpha value is -3.28. The average Bonchev–Trinajstić information content (AvgIpc) is 2.54. The number of aromatic nitrogens is 1. The zero-order valence-corrected chi connectivity index (χ0v) is 12.2. The van der Waals surface area contributed by atoms with Crippen molar-refractivity contribution in [2.45, 2.75) is 6.92 Å². The first kappa shape index (κ1) is 14.6. The van der Waals surface area contributed by atoms with E-state index in [2.05, 4.69) is 4.98 Å². The van der Waals surface area contributed by atoms with Crippen LogP contribution in [0.25, 0.3) is 23.1 Å². The molecule has 6 heteroatoms. The second kappa shape index (κ2) is 5.84. The zero-order chi connectivity index (χ0) is 16.4. The van der Waals surface area contributed by atoms with Gasteiger partial charge in [0.1, 0.15) is 0 Å². The lowest BCUT2D eigenvalue weighted by Crippen LogP contribution is -2.03. The average molecular weight is 308 g/mol. The molecule has 1 aromatic heterocycles. The lowest BCUT2D eigenvalue weighted by Gasteiger charge is -1.99. The number of benzene rings is 2. The molecular weight excluding hydrogens is 296 g/mol. The Balaban J connectivity index is 1.98. The summed E-state index contributed by atoms with van der Waals surface area (Å²) in [4.78, 5) is 26.5. The van der Waals surface area contributed by atoms with Crippen LogP contribution in [0.5, 0.6) is 0 Å². The molecule has 1 heterocycles. The summed E-state index contributed by atoms with van der Waals surface area (Å²) in [5, 5.41) is 11.2. The number of rotatable bonds is 3. The molecule has 0 aliphatic rings. The number of nitro benzene ring substituents is 1. The van der Waals surface area contributed by atoms with Crippen LogP contribution in [0.4, 0.5) is 5.69 Å². The minimum atomic E-state index is -0.464. The maximum absolute atomic E-state index is 12.0. The van der Waals surface area contributed by atoms with Gasteiger partial charge in [-0.1, -0.05) is 23.8 Å². The molecule has 23 heavy (non-hydrogen) atoms. The van der Waals surface area contributed by atoms with E-state index in [1.807, 2.05) is 13.0 Å². The van der Waals surface area contributed by atoms with E-state index in [9.17, 15) is 14.9 Å². The maximum Gasteiger partial charge on any atom is 0.347 e. The molecule has 0 saturated carbocycles. The highest BCUT2D eigenvalue weighted by atomic mass is 16.6. The monoisotopic (exact) mass is 308 g/mol. The van der Waals surface area contributed by atoms with E-state index in [-0.39, 0.29) is 11.6 Å². The fourth-order valence-corrected chi connectivity index (χ4v) is 2.18. The molecule has 0 aliphatic heterocycles. The van der Waals surface area contributed by atoms with E-state index < -0.39 is 10.5 Å². The van der Waals surface area contributed by atoms with Crippen molar-refractivity contribution in [3.8, 4) is 0 Å². The zero-order valence-electron chi connectivity index (χ0n) is 12.2. The third kappa shape index (κ3) is 3.16.